The molecule has 3 aromatic rings. The zero-order chi connectivity index (χ0) is 19.1. The van der Waals surface area contributed by atoms with Crippen LogP contribution in [0.15, 0.2) is 91.0 Å². The lowest BCUT2D eigenvalue weighted by Gasteiger charge is -2.41. The molecule has 0 aliphatic carbocycles. The highest BCUT2D eigenvalue weighted by molar-refractivity contribution is 7.80. The van der Waals surface area contributed by atoms with E-state index >= 15 is 0 Å². The van der Waals surface area contributed by atoms with Crippen molar-refractivity contribution in [1.82, 2.24) is 5.32 Å². The van der Waals surface area contributed by atoms with Crippen LogP contribution in [0.5, 0.6) is 0 Å². The molecule has 0 aliphatic heterocycles. The van der Waals surface area contributed by atoms with Crippen molar-refractivity contribution in [3.63, 3.8) is 0 Å². The molecule has 0 bridgehead atoms. The number of hydrogen-bond acceptors (Lipinski definition) is 2. The van der Waals surface area contributed by atoms with E-state index in [9.17, 15) is 0 Å². The lowest BCUT2D eigenvalue weighted by Crippen LogP contribution is -2.52. The summed E-state index contributed by atoms with van der Waals surface area (Å²) in [7, 11) is 0. The summed E-state index contributed by atoms with van der Waals surface area (Å²) in [6.07, 6.45) is 1.12. The third kappa shape index (κ3) is 4.12. The molecule has 0 spiro atoms. The van der Waals surface area contributed by atoms with Crippen molar-refractivity contribution in [3.05, 3.63) is 108 Å². The van der Waals surface area contributed by atoms with Gasteiger partial charge < -0.3 is 0 Å². The summed E-state index contributed by atoms with van der Waals surface area (Å²) in [6.45, 7) is 4.55. The Morgan fingerprint density at radius 3 is 1.41 bits per heavy atom. The maximum Gasteiger partial charge on any atom is 0.0950 e. The second-order valence-electron chi connectivity index (χ2n) is 7.17. The Morgan fingerprint density at radius 1 is 0.741 bits per heavy atom. The maximum atomic E-state index is 4.70. The minimum atomic E-state index is -0.416. The number of hydrogen-bond donors (Lipinski definition) is 2. The highest BCUT2D eigenvalue weighted by Crippen LogP contribution is 2.38. The summed E-state index contributed by atoms with van der Waals surface area (Å²) >= 11 is 4.70. The van der Waals surface area contributed by atoms with Crippen molar-refractivity contribution in [2.45, 2.75) is 31.8 Å². The summed E-state index contributed by atoms with van der Waals surface area (Å²) in [5.74, 6) is 1.32. The quantitative estimate of drug-likeness (QED) is 0.368. The second-order valence-corrected chi connectivity index (χ2v) is 7.53. The smallest absolute Gasteiger partial charge is 0.0950 e. The molecule has 0 radical (unpaired) electrons. The molecular formula is C25H29NS. The number of thiol groups is 1. The molecule has 0 saturated carbocycles. The van der Waals surface area contributed by atoms with Gasteiger partial charge in [-0.15, -0.1) is 0 Å². The Bertz CT molecular complexity index is 705. The van der Waals surface area contributed by atoms with Crippen molar-refractivity contribution < 1.29 is 0 Å². The Balaban J connectivity index is 2.26. The molecule has 0 heterocycles. The van der Waals surface area contributed by atoms with E-state index < -0.39 is 5.54 Å². The molecule has 0 saturated heterocycles. The third-order valence-corrected chi connectivity index (χ3v) is 5.94. The lowest BCUT2D eigenvalue weighted by atomic mass is 9.76. The van der Waals surface area contributed by atoms with Gasteiger partial charge in [0.15, 0.2) is 0 Å². The van der Waals surface area contributed by atoms with E-state index in [-0.39, 0.29) is 0 Å². The first-order valence-electron chi connectivity index (χ1n) is 9.77. The molecule has 1 N–H and O–H groups in total. The van der Waals surface area contributed by atoms with Crippen molar-refractivity contribution >= 4 is 12.6 Å². The molecule has 1 unspecified atom stereocenters. The summed E-state index contributed by atoms with van der Waals surface area (Å²) < 4.78 is 0. The first kappa shape index (κ1) is 19.7. The Hall–Kier alpha value is -2.03. The van der Waals surface area contributed by atoms with Gasteiger partial charge in [0.1, 0.15) is 0 Å². The Morgan fingerprint density at radius 2 is 1.11 bits per heavy atom. The van der Waals surface area contributed by atoms with Crippen LogP contribution in [0, 0.1) is 5.92 Å². The van der Waals surface area contributed by atoms with Crippen LogP contribution in [0.2, 0.25) is 0 Å². The summed E-state index contributed by atoms with van der Waals surface area (Å²) in [6, 6.07) is 32.6. The molecule has 3 rings (SSSR count). The summed E-state index contributed by atoms with van der Waals surface area (Å²) in [4.78, 5) is 0. The molecular weight excluding hydrogens is 346 g/mol. The van der Waals surface area contributed by atoms with Crippen LogP contribution < -0.4 is 5.32 Å². The molecule has 1 nitrogen and oxygen atoms in total. The SMILES string of the molecule is CCC(C)[C@@H](CS)NC(c1ccccc1)(c1ccccc1)c1ccccc1. The van der Waals surface area contributed by atoms with E-state index in [0.717, 1.165) is 12.2 Å². The van der Waals surface area contributed by atoms with Gasteiger partial charge in [-0.1, -0.05) is 111 Å². The Labute approximate surface area is 169 Å². The molecule has 0 amide bonds. The van der Waals surface area contributed by atoms with Crippen LogP contribution in [0.25, 0.3) is 0 Å². The largest absolute Gasteiger partial charge is 0.296 e. The van der Waals surface area contributed by atoms with Gasteiger partial charge in [0.25, 0.3) is 0 Å². The summed E-state index contributed by atoms with van der Waals surface area (Å²) in [5.41, 5.74) is 3.33. The predicted octanol–water partition coefficient (Wildman–Crippen LogP) is 5.91. The van der Waals surface area contributed by atoms with E-state index in [4.69, 9.17) is 12.6 Å². The van der Waals surface area contributed by atoms with Gasteiger partial charge in [-0.3, -0.25) is 5.32 Å². The van der Waals surface area contributed by atoms with Crippen LogP contribution in [-0.4, -0.2) is 11.8 Å². The highest BCUT2D eigenvalue weighted by atomic mass is 32.1. The van der Waals surface area contributed by atoms with Crippen molar-refractivity contribution in [2.75, 3.05) is 5.75 Å². The minimum absolute atomic E-state index is 0.291. The van der Waals surface area contributed by atoms with Crippen LogP contribution in [0.3, 0.4) is 0 Å². The van der Waals surface area contributed by atoms with Gasteiger partial charge in [0.2, 0.25) is 0 Å². The van der Waals surface area contributed by atoms with Gasteiger partial charge in [-0.05, 0) is 22.6 Å². The minimum Gasteiger partial charge on any atom is -0.296 e. The third-order valence-electron chi connectivity index (χ3n) is 5.55. The van der Waals surface area contributed by atoms with Crippen LogP contribution >= 0.6 is 12.6 Å². The number of benzene rings is 3. The molecule has 140 valence electrons. The van der Waals surface area contributed by atoms with E-state index in [0.29, 0.717) is 12.0 Å². The maximum absolute atomic E-state index is 4.70. The monoisotopic (exact) mass is 375 g/mol. The Kier molecular flexibility index (Phi) is 6.76. The molecule has 0 aliphatic rings. The summed E-state index contributed by atoms with van der Waals surface area (Å²) in [5, 5.41) is 4.04. The van der Waals surface area contributed by atoms with Crippen LogP contribution in [-0.2, 0) is 5.54 Å². The van der Waals surface area contributed by atoms with E-state index in [1.165, 1.54) is 16.7 Å². The normalized spacial score (nSPS) is 13.9. The second kappa shape index (κ2) is 9.25. The predicted molar refractivity (Wildman–Crippen MR) is 119 cm³/mol. The van der Waals surface area contributed by atoms with Crippen molar-refractivity contribution in [2.24, 2.45) is 5.92 Å². The fraction of sp³-hybridized carbons (Fsp3) is 0.280. The average molecular weight is 376 g/mol. The van der Waals surface area contributed by atoms with Gasteiger partial charge >= 0.3 is 0 Å². The fourth-order valence-corrected chi connectivity index (χ4v) is 4.20. The van der Waals surface area contributed by atoms with Crippen LogP contribution in [0.4, 0.5) is 0 Å². The van der Waals surface area contributed by atoms with Gasteiger partial charge in [-0.25, -0.2) is 0 Å². The average Bonchev–Trinajstić information content (AvgIpc) is 2.76. The molecule has 2 atom stereocenters. The lowest BCUT2D eigenvalue weighted by molar-refractivity contribution is 0.327. The number of rotatable bonds is 8. The molecule has 2 heteroatoms. The van der Waals surface area contributed by atoms with E-state index in [2.05, 4.69) is 110 Å². The zero-order valence-electron chi connectivity index (χ0n) is 16.2. The molecule has 3 aromatic carbocycles. The van der Waals surface area contributed by atoms with E-state index in [1.54, 1.807) is 0 Å². The van der Waals surface area contributed by atoms with Gasteiger partial charge in [0.05, 0.1) is 5.54 Å². The van der Waals surface area contributed by atoms with Gasteiger partial charge in [-0.2, -0.15) is 12.6 Å². The van der Waals surface area contributed by atoms with Crippen molar-refractivity contribution in [3.8, 4) is 0 Å². The first-order chi connectivity index (χ1) is 13.2. The van der Waals surface area contributed by atoms with E-state index in [1.807, 2.05) is 0 Å². The topological polar surface area (TPSA) is 12.0 Å². The standard InChI is InChI=1S/C25H29NS/c1-3-20(2)24(19-27)26-25(21-13-7-4-8-14-21,22-15-9-5-10-16-22)23-17-11-6-12-18-23/h4-18,20,24,26-27H,3,19H2,1-2H3/t20?,24-/m1/s1. The fourth-order valence-electron chi connectivity index (χ4n) is 3.74. The number of nitrogens with one attached hydrogen (secondary N) is 1. The highest BCUT2D eigenvalue weighted by Gasteiger charge is 2.38. The van der Waals surface area contributed by atoms with Crippen molar-refractivity contribution in [1.29, 1.82) is 0 Å². The van der Waals surface area contributed by atoms with Crippen LogP contribution in [0.1, 0.15) is 37.0 Å². The molecule has 27 heavy (non-hydrogen) atoms. The molecule has 0 aromatic heterocycles. The first-order valence-corrected chi connectivity index (χ1v) is 10.4. The molecule has 0 fully saturated rings. The zero-order valence-corrected chi connectivity index (χ0v) is 17.1. The van der Waals surface area contributed by atoms with Gasteiger partial charge in [0, 0.05) is 11.8 Å².